The van der Waals surface area contributed by atoms with Crippen LogP contribution in [0.3, 0.4) is 0 Å². The molecule has 0 saturated heterocycles. The van der Waals surface area contributed by atoms with Gasteiger partial charge in [-0.1, -0.05) is 35.9 Å². The first-order chi connectivity index (χ1) is 18.7. The lowest BCUT2D eigenvalue weighted by molar-refractivity contribution is -0.141. The molecule has 11 heteroatoms. The van der Waals surface area contributed by atoms with E-state index in [1.165, 1.54) is 12.1 Å². The quantitative estimate of drug-likeness (QED) is 0.239. The van der Waals surface area contributed by atoms with E-state index >= 15 is 0 Å². The summed E-state index contributed by atoms with van der Waals surface area (Å²) in [5.41, 5.74) is 1.62. The van der Waals surface area contributed by atoms with Gasteiger partial charge in [0.2, 0.25) is 0 Å². The van der Waals surface area contributed by atoms with Crippen LogP contribution < -0.4 is 5.32 Å². The highest BCUT2D eigenvalue weighted by Crippen LogP contribution is 2.34. The van der Waals surface area contributed by atoms with Crippen LogP contribution in [0.15, 0.2) is 85.1 Å². The molecule has 1 atom stereocenters. The second-order valence-electron chi connectivity index (χ2n) is 8.63. The van der Waals surface area contributed by atoms with Crippen molar-refractivity contribution < 1.29 is 27.5 Å². The van der Waals surface area contributed by atoms with E-state index in [0.717, 1.165) is 18.3 Å². The Bertz CT molecular complexity index is 1650. The molecule has 0 aliphatic rings. The molecule has 2 aromatic heterocycles. The van der Waals surface area contributed by atoms with Gasteiger partial charge in [-0.3, -0.25) is 9.78 Å². The number of nitrogens with zero attached hydrogens (tertiary/aromatic N) is 3. The van der Waals surface area contributed by atoms with Gasteiger partial charge in [0.25, 0.3) is 5.91 Å². The highest BCUT2D eigenvalue weighted by molar-refractivity contribution is 6.33. The number of nitrogens with one attached hydrogen (secondary N) is 1. The van der Waals surface area contributed by atoms with Crippen LogP contribution in [0.1, 0.15) is 27.7 Å². The van der Waals surface area contributed by atoms with Gasteiger partial charge in [0.1, 0.15) is 17.2 Å². The number of carbonyl (C=O) groups is 1. The molecule has 2 heterocycles. The molecule has 0 bridgehead atoms. The fourth-order valence-electron chi connectivity index (χ4n) is 4.14. The molecular formula is C28H19ClF4N4O2. The fraction of sp³-hybridized carbons (Fsp3) is 0.107. The van der Waals surface area contributed by atoms with Crippen molar-refractivity contribution in [2.24, 2.45) is 0 Å². The zero-order valence-corrected chi connectivity index (χ0v) is 20.7. The van der Waals surface area contributed by atoms with Gasteiger partial charge in [-0.15, -0.1) is 0 Å². The van der Waals surface area contributed by atoms with E-state index in [-0.39, 0.29) is 11.1 Å². The SMILES string of the molecule is O=C(N[C@@H](CO)c1ccc(C(F)(F)F)nc1)c1ccc2c(-c3ccccc3Cl)nn(-c3ccc(F)cc3)c2c1. The summed E-state index contributed by atoms with van der Waals surface area (Å²) in [5.74, 6) is -1.00. The Morgan fingerprint density at radius 3 is 2.41 bits per heavy atom. The van der Waals surface area contributed by atoms with Crippen LogP contribution in [0.4, 0.5) is 17.6 Å². The van der Waals surface area contributed by atoms with Crippen LogP contribution in [0.2, 0.25) is 5.02 Å². The van der Waals surface area contributed by atoms with Crippen molar-refractivity contribution in [2.45, 2.75) is 12.2 Å². The van der Waals surface area contributed by atoms with Crippen LogP contribution >= 0.6 is 11.6 Å². The van der Waals surface area contributed by atoms with Gasteiger partial charge in [0.05, 0.1) is 28.9 Å². The molecule has 0 aliphatic heterocycles. The minimum Gasteiger partial charge on any atom is -0.394 e. The van der Waals surface area contributed by atoms with E-state index in [4.69, 9.17) is 16.7 Å². The molecule has 2 N–H and O–H groups in total. The Morgan fingerprint density at radius 1 is 1.03 bits per heavy atom. The number of halogens is 5. The lowest BCUT2D eigenvalue weighted by Crippen LogP contribution is -2.31. The summed E-state index contributed by atoms with van der Waals surface area (Å²) in [6.07, 6.45) is -3.64. The molecule has 0 radical (unpaired) electrons. The number of pyridine rings is 1. The average Bonchev–Trinajstić information content (AvgIpc) is 3.30. The van der Waals surface area contributed by atoms with E-state index < -0.39 is 36.2 Å². The molecule has 0 spiro atoms. The first kappa shape index (κ1) is 26.3. The first-order valence-electron chi connectivity index (χ1n) is 11.6. The van der Waals surface area contributed by atoms with E-state index in [1.807, 2.05) is 12.1 Å². The van der Waals surface area contributed by atoms with Gasteiger partial charge in [-0.05, 0) is 60.2 Å². The van der Waals surface area contributed by atoms with E-state index in [2.05, 4.69) is 10.3 Å². The molecule has 39 heavy (non-hydrogen) atoms. The van der Waals surface area contributed by atoms with Gasteiger partial charge in [0.15, 0.2) is 0 Å². The Hall–Kier alpha value is -4.28. The van der Waals surface area contributed by atoms with Crippen molar-refractivity contribution in [3.63, 3.8) is 0 Å². The molecule has 3 aromatic carbocycles. The standard InChI is InChI=1S/C28H19ClF4N4O2/c29-22-4-2-1-3-20(22)26-21-11-5-16(13-24(21)37(36-26)19-9-7-18(30)8-10-19)27(39)35-23(15-38)17-6-12-25(34-14-17)28(31,32)33/h1-14,23,38H,15H2,(H,35,39)/t23-/m0/s1. The third-order valence-electron chi connectivity index (χ3n) is 6.11. The molecule has 6 nitrogen and oxygen atoms in total. The molecule has 0 fully saturated rings. The van der Waals surface area contributed by atoms with Crippen LogP contribution in [-0.2, 0) is 6.18 Å². The molecule has 5 rings (SSSR count). The monoisotopic (exact) mass is 554 g/mol. The molecule has 198 valence electrons. The van der Waals surface area contributed by atoms with Crippen LogP contribution in [0, 0.1) is 5.82 Å². The lowest BCUT2D eigenvalue weighted by atomic mass is 10.0. The predicted octanol–water partition coefficient (Wildman–Crippen LogP) is 6.36. The molecule has 0 saturated carbocycles. The number of aliphatic hydroxyl groups excluding tert-OH is 1. The second-order valence-corrected chi connectivity index (χ2v) is 9.04. The zero-order chi connectivity index (χ0) is 27.7. The normalized spacial score (nSPS) is 12.5. The minimum absolute atomic E-state index is 0.204. The Morgan fingerprint density at radius 2 is 1.77 bits per heavy atom. The van der Waals surface area contributed by atoms with Crippen molar-refractivity contribution in [3.05, 3.63) is 113 Å². The number of aromatic nitrogens is 3. The highest BCUT2D eigenvalue weighted by atomic mass is 35.5. The Balaban J connectivity index is 1.53. The number of amides is 1. The summed E-state index contributed by atoms with van der Waals surface area (Å²) in [7, 11) is 0. The van der Waals surface area contributed by atoms with Gasteiger partial charge >= 0.3 is 6.18 Å². The summed E-state index contributed by atoms with van der Waals surface area (Å²) in [4.78, 5) is 16.6. The van der Waals surface area contributed by atoms with Crippen molar-refractivity contribution >= 4 is 28.4 Å². The summed E-state index contributed by atoms with van der Waals surface area (Å²) in [6.45, 7) is -0.564. The predicted molar refractivity (Wildman–Crippen MR) is 138 cm³/mol. The van der Waals surface area contributed by atoms with Crippen molar-refractivity contribution in [1.29, 1.82) is 0 Å². The number of fused-ring (bicyclic) bond motifs is 1. The van der Waals surface area contributed by atoms with Crippen molar-refractivity contribution in [2.75, 3.05) is 6.61 Å². The zero-order valence-electron chi connectivity index (χ0n) is 20.0. The number of hydrogen-bond acceptors (Lipinski definition) is 4. The van der Waals surface area contributed by atoms with Crippen molar-refractivity contribution in [3.8, 4) is 16.9 Å². The van der Waals surface area contributed by atoms with Crippen LogP contribution in [-0.4, -0.2) is 32.4 Å². The summed E-state index contributed by atoms with van der Waals surface area (Å²) >= 11 is 6.43. The van der Waals surface area contributed by atoms with Gasteiger partial charge in [0, 0.05) is 22.7 Å². The molecule has 1 amide bonds. The maximum absolute atomic E-state index is 13.6. The largest absolute Gasteiger partial charge is 0.433 e. The van der Waals surface area contributed by atoms with Crippen LogP contribution in [0.5, 0.6) is 0 Å². The summed E-state index contributed by atoms with van der Waals surface area (Å²) in [6, 6.07) is 18.6. The van der Waals surface area contributed by atoms with Crippen LogP contribution in [0.25, 0.3) is 27.8 Å². The Labute approximate surface area is 224 Å². The maximum Gasteiger partial charge on any atom is 0.433 e. The summed E-state index contributed by atoms with van der Waals surface area (Å²) in [5, 5.41) is 18.3. The lowest BCUT2D eigenvalue weighted by Gasteiger charge is -2.17. The van der Waals surface area contributed by atoms with E-state index in [1.54, 1.807) is 47.1 Å². The van der Waals surface area contributed by atoms with Gasteiger partial charge < -0.3 is 10.4 Å². The Kier molecular flexibility index (Phi) is 7.07. The molecular weight excluding hydrogens is 536 g/mol. The number of alkyl halides is 3. The second kappa shape index (κ2) is 10.5. The number of aliphatic hydroxyl groups is 1. The number of rotatable bonds is 6. The molecule has 5 aromatic rings. The first-order valence-corrected chi connectivity index (χ1v) is 12.0. The fourth-order valence-corrected chi connectivity index (χ4v) is 4.37. The molecule has 0 aliphatic carbocycles. The average molecular weight is 555 g/mol. The van der Waals surface area contributed by atoms with Gasteiger partial charge in [-0.2, -0.15) is 18.3 Å². The number of carbonyl (C=O) groups excluding carboxylic acids is 1. The van der Waals surface area contributed by atoms with Crippen molar-refractivity contribution in [1.82, 2.24) is 20.1 Å². The third kappa shape index (κ3) is 5.34. The molecule has 0 unspecified atom stereocenters. The minimum atomic E-state index is -4.61. The smallest absolute Gasteiger partial charge is 0.394 e. The van der Waals surface area contributed by atoms with E-state index in [9.17, 15) is 27.5 Å². The van der Waals surface area contributed by atoms with E-state index in [0.29, 0.717) is 32.9 Å². The number of benzene rings is 3. The van der Waals surface area contributed by atoms with Gasteiger partial charge in [-0.25, -0.2) is 9.07 Å². The number of hydrogen-bond donors (Lipinski definition) is 2. The topological polar surface area (TPSA) is 80.0 Å². The maximum atomic E-state index is 13.6. The highest BCUT2D eigenvalue weighted by Gasteiger charge is 2.32. The summed E-state index contributed by atoms with van der Waals surface area (Å²) < 4.78 is 53.7. The third-order valence-corrected chi connectivity index (χ3v) is 6.44.